The van der Waals surface area contributed by atoms with Crippen molar-refractivity contribution in [2.24, 2.45) is 5.92 Å². The van der Waals surface area contributed by atoms with E-state index >= 15 is 0 Å². The number of urea groups is 1. The molecule has 5 rings (SSSR count). The van der Waals surface area contributed by atoms with E-state index in [1.54, 1.807) is 6.20 Å². The maximum absolute atomic E-state index is 12.5. The highest BCUT2D eigenvalue weighted by atomic mass is 16.5. The number of piperidine rings is 1. The normalized spacial score (nSPS) is 19.7. The molecule has 0 spiro atoms. The lowest BCUT2D eigenvalue weighted by Gasteiger charge is -2.33. The maximum atomic E-state index is 12.5. The highest BCUT2D eigenvalue weighted by molar-refractivity contribution is 5.89. The lowest BCUT2D eigenvalue weighted by Crippen LogP contribution is -2.42. The van der Waals surface area contributed by atoms with Crippen LogP contribution < -0.4 is 10.1 Å². The molecule has 1 aromatic carbocycles. The van der Waals surface area contributed by atoms with Gasteiger partial charge in [-0.3, -0.25) is 4.98 Å². The van der Waals surface area contributed by atoms with E-state index in [-0.39, 0.29) is 11.9 Å². The van der Waals surface area contributed by atoms with Crippen LogP contribution in [0.4, 0.5) is 10.5 Å². The molecule has 1 aliphatic heterocycles. The monoisotopic (exact) mass is 430 g/mol. The standard InChI is InChI=1S/C25H26N4O3/c1-17-15-29(25(30)28-21-13-27-31-16-21)10-9-20(17)11-18-3-2-4-22(12-18)32-23-7-8-24(26-14-23)19-5-6-19/h2-4,7-8,11-14,16-17,19H,5-6,9-10,15H2,1H3,(H,28,30). The van der Waals surface area contributed by atoms with Crippen LogP contribution in [0.3, 0.4) is 0 Å². The number of nitrogens with one attached hydrogen (secondary N) is 1. The van der Waals surface area contributed by atoms with Crippen molar-refractivity contribution in [2.45, 2.75) is 32.1 Å². The average Bonchev–Trinajstić information content (AvgIpc) is 3.52. The molecule has 0 radical (unpaired) electrons. The SMILES string of the molecule is CC1CN(C(=O)Nc2cnoc2)CCC1=Cc1cccc(Oc2ccc(C3CC3)nc2)c1. The van der Waals surface area contributed by atoms with Crippen LogP contribution in [0.1, 0.15) is 43.4 Å². The molecule has 2 amide bonds. The zero-order chi connectivity index (χ0) is 21.9. The van der Waals surface area contributed by atoms with Crippen LogP contribution in [0.15, 0.2) is 65.2 Å². The van der Waals surface area contributed by atoms with Crippen LogP contribution in [-0.2, 0) is 0 Å². The van der Waals surface area contributed by atoms with Gasteiger partial charge in [-0.25, -0.2) is 4.79 Å². The van der Waals surface area contributed by atoms with Crippen LogP contribution in [-0.4, -0.2) is 34.2 Å². The van der Waals surface area contributed by atoms with E-state index in [1.807, 2.05) is 29.2 Å². The van der Waals surface area contributed by atoms with Crippen molar-refractivity contribution < 1.29 is 14.1 Å². The zero-order valence-electron chi connectivity index (χ0n) is 18.0. The van der Waals surface area contributed by atoms with Gasteiger partial charge >= 0.3 is 6.03 Å². The fourth-order valence-corrected chi connectivity index (χ4v) is 4.01. The third-order valence-corrected chi connectivity index (χ3v) is 5.97. The largest absolute Gasteiger partial charge is 0.456 e. The summed E-state index contributed by atoms with van der Waals surface area (Å²) in [7, 11) is 0. The molecule has 7 nitrogen and oxygen atoms in total. The molecule has 2 aliphatic rings. The minimum atomic E-state index is -0.129. The van der Waals surface area contributed by atoms with Crippen LogP contribution in [0.5, 0.6) is 11.5 Å². The van der Waals surface area contributed by atoms with Gasteiger partial charge in [0.2, 0.25) is 0 Å². The second-order valence-corrected chi connectivity index (χ2v) is 8.53. The summed E-state index contributed by atoms with van der Waals surface area (Å²) >= 11 is 0. The molecule has 1 saturated heterocycles. The Bertz CT molecular complexity index is 1100. The average molecular weight is 431 g/mol. The first-order valence-corrected chi connectivity index (χ1v) is 11.0. The summed E-state index contributed by atoms with van der Waals surface area (Å²) in [6.07, 6.45) is 10.2. The number of hydrogen-bond acceptors (Lipinski definition) is 5. The second kappa shape index (κ2) is 8.86. The number of amides is 2. The third kappa shape index (κ3) is 4.82. The number of hydrogen-bond donors (Lipinski definition) is 1. The van der Waals surface area contributed by atoms with Gasteiger partial charge in [0.25, 0.3) is 0 Å². The Kier molecular flexibility index (Phi) is 5.62. The van der Waals surface area contributed by atoms with Crippen molar-refractivity contribution in [1.29, 1.82) is 0 Å². The summed E-state index contributed by atoms with van der Waals surface area (Å²) in [6.45, 7) is 3.48. The van der Waals surface area contributed by atoms with Crippen molar-refractivity contribution >= 4 is 17.8 Å². The third-order valence-electron chi connectivity index (χ3n) is 5.97. The fourth-order valence-electron chi connectivity index (χ4n) is 4.01. The molecule has 0 bridgehead atoms. The molecular weight excluding hydrogens is 404 g/mol. The quantitative estimate of drug-likeness (QED) is 0.562. The van der Waals surface area contributed by atoms with Gasteiger partial charge in [0.15, 0.2) is 0 Å². The van der Waals surface area contributed by atoms with Crippen LogP contribution in [0.25, 0.3) is 6.08 Å². The predicted molar refractivity (Wildman–Crippen MR) is 122 cm³/mol. The summed E-state index contributed by atoms with van der Waals surface area (Å²) in [5.41, 5.74) is 4.14. The molecule has 1 N–H and O–H groups in total. The molecule has 1 unspecified atom stereocenters. The molecule has 3 heterocycles. The van der Waals surface area contributed by atoms with E-state index in [2.05, 4.69) is 40.6 Å². The number of carbonyl (C=O) groups excluding carboxylic acids is 1. The van der Waals surface area contributed by atoms with Crippen molar-refractivity contribution in [3.05, 3.63) is 71.9 Å². The molecule has 1 aliphatic carbocycles. The minimum Gasteiger partial charge on any atom is -0.456 e. The predicted octanol–water partition coefficient (Wildman–Crippen LogP) is 5.70. The Morgan fingerprint density at radius 2 is 2.12 bits per heavy atom. The number of aromatic nitrogens is 2. The number of rotatable bonds is 5. The number of ether oxygens (including phenoxy) is 1. The first kappa shape index (κ1) is 20.3. The summed E-state index contributed by atoms with van der Waals surface area (Å²) in [5, 5.41) is 6.42. The van der Waals surface area contributed by atoms with Crippen LogP contribution in [0.2, 0.25) is 0 Å². The van der Waals surface area contributed by atoms with Gasteiger partial charge in [-0.1, -0.05) is 35.9 Å². The van der Waals surface area contributed by atoms with Gasteiger partial charge < -0.3 is 19.5 Å². The first-order chi connectivity index (χ1) is 15.6. The molecule has 164 valence electrons. The Morgan fingerprint density at radius 3 is 2.84 bits per heavy atom. The van der Waals surface area contributed by atoms with Gasteiger partial charge in [-0.05, 0) is 55.0 Å². The van der Waals surface area contributed by atoms with E-state index in [0.29, 0.717) is 24.7 Å². The Morgan fingerprint density at radius 1 is 1.22 bits per heavy atom. The van der Waals surface area contributed by atoms with Gasteiger partial charge in [-0.15, -0.1) is 0 Å². The molecular formula is C25H26N4O3. The van der Waals surface area contributed by atoms with Gasteiger partial charge in [-0.2, -0.15) is 0 Å². The van der Waals surface area contributed by atoms with Crippen LogP contribution >= 0.6 is 0 Å². The smallest absolute Gasteiger partial charge is 0.322 e. The first-order valence-electron chi connectivity index (χ1n) is 11.0. The number of benzene rings is 1. The number of anilines is 1. The highest BCUT2D eigenvalue weighted by Gasteiger charge is 2.25. The van der Waals surface area contributed by atoms with E-state index < -0.39 is 0 Å². The van der Waals surface area contributed by atoms with Crippen molar-refractivity contribution in [1.82, 2.24) is 15.0 Å². The Balaban J connectivity index is 1.21. The highest BCUT2D eigenvalue weighted by Crippen LogP contribution is 2.39. The summed E-state index contributed by atoms with van der Waals surface area (Å²) in [6, 6.07) is 12.0. The maximum Gasteiger partial charge on any atom is 0.322 e. The molecule has 32 heavy (non-hydrogen) atoms. The van der Waals surface area contributed by atoms with Gasteiger partial charge in [0, 0.05) is 24.7 Å². The van der Waals surface area contributed by atoms with Gasteiger partial charge in [0.05, 0.1) is 12.4 Å². The minimum absolute atomic E-state index is 0.129. The summed E-state index contributed by atoms with van der Waals surface area (Å²) in [5.74, 6) is 2.44. The summed E-state index contributed by atoms with van der Waals surface area (Å²) in [4.78, 5) is 18.8. The molecule has 1 atom stereocenters. The Labute approximate surface area is 187 Å². The molecule has 2 fully saturated rings. The van der Waals surface area contributed by atoms with Crippen molar-refractivity contribution in [2.75, 3.05) is 18.4 Å². The number of pyridine rings is 1. The molecule has 1 saturated carbocycles. The zero-order valence-corrected chi connectivity index (χ0v) is 18.0. The Hall–Kier alpha value is -3.61. The van der Waals surface area contributed by atoms with E-state index in [4.69, 9.17) is 9.26 Å². The molecule has 7 heteroatoms. The van der Waals surface area contributed by atoms with Crippen LogP contribution in [0, 0.1) is 5.92 Å². The lowest BCUT2D eigenvalue weighted by molar-refractivity contribution is 0.198. The number of nitrogens with zero attached hydrogens (tertiary/aromatic N) is 3. The second-order valence-electron chi connectivity index (χ2n) is 8.53. The molecule has 2 aromatic heterocycles. The van der Waals surface area contributed by atoms with E-state index in [0.717, 1.165) is 29.2 Å². The van der Waals surface area contributed by atoms with Gasteiger partial charge in [0.1, 0.15) is 23.4 Å². The number of likely N-dealkylation sites (tertiary alicyclic amines) is 1. The van der Waals surface area contributed by atoms with E-state index in [9.17, 15) is 4.79 Å². The lowest BCUT2D eigenvalue weighted by atomic mass is 9.91. The molecule has 3 aromatic rings. The summed E-state index contributed by atoms with van der Waals surface area (Å²) < 4.78 is 10.8. The number of carbonyl (C=O) groups is 1. The van der Waals surface area contributed by atoms with Crippen molar-refractivity contribution in [3.63, 3.8) is 0 Å². The van der Waals surface area contributed by atoms with Crippen molar-refractivity contribution in [3.8, 4) is 11.5 Å². The topological polar surface area (TPSA) is 80.5 Å². The van der Waals surface area contributed by atoms with E-state index in [1.165, 1.54) is 30.9 Å². The fraction of sp³-hybridized carbons (Fsp3) is 0.320.